The molecule has 1 aliphatic rings. The monoisotopic (exact) mass is 517 g/mol. The molecule has 8 heteroatoms. The summed E-state index contributed by atoms with van der Waals surface area (Å²) in [6.07, 6.45) is -0.124. The molecule has 0 aromatic heterocycles. The summed E-state index contributed by atoms with van der Waals surface area (Å²) in [6, 6.07) is 21.5. The molecule has 8 nitrogen and oxygen atoms in total. The fraction of sp³-hybridized carbons (Fsp3) is 0.333. The van der Waals surface area contributed by atoms with Crippen LogP contribution in [0.1, 0.15) is 34.6 Å². The van der Waals surface area contributed by atoms with Gasteiger partial charge in [0.25, 0.3) is 11.8 Å². The van der Waals surface area contributed by atoms with Crippen LogP contribution in [-0.2, 0) is 4.74 Å². The summed E-state index contributed by atoms with van der Waals surface area (Å²) in [5, 5.41) is 6.37. The maximum absolute atomic E-state index is 13.5. The number of rotatable bonds is 5. The van der Waals surface area contributed by atoms with Gasteiger partial charge in [-0.05, 0) is 61.4 Å². The second-order valence-electron chi connectivity index (χ2n) is 9.67. The molecule has 1 heterocycles. The first kappa shape index (κ1) is 27.2. The fourth-order valence-electron chi connectivity index (χ4n) is 4.27. The Morgan fingerprint density at radius 3 is 2.55 bits per heavy atom. The maximum atomic E-state index is 13.5. The quantitative estimate of drug-likeness (QED) is 0.504. The third-order valence-electron chi connectivity index (χ3n) is 6.56. The van der Waals surface area contributed by atoms with E-state index in [0.717, 1.165) is 6.54 Å². The van der Waals surface area contributed by atoms with Crippen LogP contribution in [0.4, 0.5) is 5.69 Å². The summed E-state index contributed by atoms with van der Waals surface area (Å²) in [5.74, 6) is 1.38. The SMILES string of the molecule is CO[C@H]1CN(C)C(=O)c2cc(NC(=O)c3cccc(Oc4ccccc4)c3)ccc2OC[C@H](C)NC[C@@H]1C. The van der Waals surface area contributed by atoms with Crippen LogP contribution in [-0.4, -0.2) is 62.7 Å². The summed E-state index contributed by atoms with van der Waals surface area (Å²) in [6.45, 7) is 5.71. The highest BCUT2D eigenvalue weighted by Gasteiger charge is 2.25. The van der Waals surface area contributed by atoms with Gasteiger partial charge in [0.05, 0.1) is 11.7 Å². The van der Waals surface area contributed by atoms with Crippen molar-refractivity contribution in [2.24, 2.45) is 5.92 Å². The molecule has 0 saturated carbocycles. The molecule has 200 valence electrons. The van der Waals surface area contributed by atoms with Crippen LogP contribution < -0.4 is 20.1 Å². The second-order valence-corrected chi connectivity index (χ2v) is 9.67. The number of amides is 2. The third-order valence-corrected chi connectivity index (χ3v) is 6.56. The molecular weight excluding hydrogens is 482 g/mol. The molecule has 4 rings (SSSR count). The first-order valence-corrected chi connectivity index (χ1v) is 12.8. The number of nitrogens with one attached hydrogen (secondary N) is 2. The summed E-state index contributed by atoms with van der Waals surface area (Å²) in [5.41, 5.74) is 1.30. The Bertz CT molecular complexity index is 1250. The van der Waals surface area contributed by atoms with E-state index in [0.29, 0.717) is 47.2 Å². The van der Waals surface area contributed by atoms with Crippen molar-refractivity contribution in [3.05, 3.63) is 83.9 Å². The van der Waals surface area contributed by atoms with Crippen LogP contribution in [0, 0.1) is 5.92 Å². The van der Waals surface area contributed by atoms with E-state index in [-0.39, 0.29) is 29.9 Å². The summed E-state index contributed by atoms with van der Waals surface area (Å²) in [7, 11) is 3.41. The van der Waals surface area contributed by atoms with Gasteiger partial charge >= 0.3 is 0 Å². The lowest BCUT2D eigenvalue weighted by Gasteiger charge is -2.30. The van der Waals surface area contributed by atoms with Crippen molar-refractivity contribution in [3.63, 3.8) is 0 Å². The fourth-order valence-corrected chi connectivity index (χ4v) is 4.27. The average molecular weight is 518 g/mol. The maximum Gasteiger partial charge on any atom is 0.257 e. The van der Waals surface area contributed by atoms with Crippen LogP contribution in [0.15, 0.2) is 72.8 Å². The lowest BCUT2D eigenvalue weighted by Crippen LogP contribution is -2.44. The molecule has 1 aliphatic heterocycles. The van der Waals surface area contributed by atoms with Crippen molar-refractivity contribution in [1.82, 2.24) is 10.2 Å². The highest BCUT2D eigenvalue weighted by molar-refractivity contribution is 6.05. The van der Waals surface area contributed by atoms with Gasteiger partial charge in [-0.2, -0.15) is 0 Å². The predicted molar refractivity (Wildman–Crippen MR) is 147 cm³/mol. The van der Waals surface area contributed by atoms with Gasteiger partial charge in [0, 0.05) is 44.5 Å². The Balaban J connectivity index is 1.55. The van der Waals surface area contributed by atoms with Crippen molar-refractivity contribution >= 4 is 17.5 Å². The zero-order chi connectivity index (χ0) is 27.1. The molecular formula is C30H35N3O5. The smallest absolute Gasteiger partial charge is 0.257 e. The number of ether oxygens (including phenoxy) is 3. The van der Waals surface area contributed by atoms with Crippen LogP contribution in [0.5, 0.6) is 17.2 Å². The Morgan fingerprint density at radius 1 is 1.03 bits per heavy atom. The molecule has 0 fully saturated rings. The second kappa shape index (κ2) is 12.6. The topological polar surface area (TPSA) is 89.1 Å². The first-order chi connectivity index (χ1) is 18.3. The number of carbonyl (C=O) groups excluding carboxylic acids is 2. The van der Waals surface area contributed by atoms with Gasteiger partial charge in [0.15, 0.2) is 0 Å². The molecule has 3 atom stereocenters. The highest BCUT2D eigenvalue weighted by Crippen LogP contribution is 2.27. The largest absolute Gasteiger partial charge is 0.491 e. The molecule has 0 unspecified atom stereocenters. The van der Waals surface area contributed by atoms with E-state index in [9.17, 15) is 9.59 Å². The number of hydrogen-bond acceptors (Lipinski definition) is 6. The van der Waals surface area contributed by atoms with Crippen molar-refractivity contribution < 1.29 is 23.8 Å². The zero-order valence-corrected chi connectivity index (χ0v) is 22.3. The van der Waals surface area contributed by atoms with E-state index in [1.807, 2.05) is 37.3 Å². The number of hydrogen-bond donors (Lipinski definition) is 2. The van der Waals surface area contributed by atoms with Crippen molar-refractivity contribution in [1.29, 1.82) is 0 Å². The van der Waals surface area contributed by atoms with E-state index in [1.54, 1.807) is 61.5 Å². The summed E-state index contributed by atoms with van der Waals surface area (Å²) in [4.78, 5) is 28.2. The minimum atomic E-state index is -0.315. The van der Waals surface area contributed by atoms with E-state index >= 15 is 0 Å². The van der Waals surface area contributed by atoms with Crippen LogP contribution in [0.2, 0.25) is 0 Å². The summed E-state index contributed by atoms with van der Waals surface area (Å²) >= 11 is 0. The van der Waals surface area contributed by atoms with Gasteiger partial charge in [-0.15, -0.1) is 0 Å². The Hall–Kier alpha value is -3.88. The number of methoxy groups -OCH3 is 1. The van der Waals surface area contributed by atoms with Gasteiger partial charge in [0.1, 0.15) is 23.9 Å². The van der Waals surface area contributed by atoms with E-state index < -0.39 is 0 Å². The van der Waals surface area contributed by atoms with E-state index in [1.165, 1.54) is 0 Å². The molecule has 0 bridgehead atoms. The van der Waals surface area contributed by atoms with Gasteiger partial charge in [-0.25, -0.2) is 0 Å². The molecule has 2 N–H and O–H groups in total. The standard InChI is InChI=1S/C30H35N3O5/c1-20-17-31-21(2)19-37-27-14-13-23(16-26(27)30(35)33(3)18-28(20)36-4)32-29(34)22-9-8-12-25(15-22)38-24-10-6-5-7-11-24/h5-16,20-21,28,31H,17-19H2,1-4H3,(H,32,34)/t20-,21-,28-/m0/s1. The van der Waals surface area contributed by atoms with Crippen molar-refractivity contribution in [2.45, 2.75) is 26.0 Å². The number of para-hydroxylation sites is 1. The molecule has 0 spiro atoms. The van der Waals surface area contributed by atoms with Crippen LogP contribution in [0.3, 0.4) is 0 Å². The molecule has 0 aliphatic carbocycles. The van der Waals surface area contributed by atoms with Gasteiger partial charge < -0.3 is 29.7 Å². The number of likely N-dealkylation sites (N-methyl/N-ethyl adjacent to an activating group) is 1. The normalized spacial score (nSPS) is 20.4. The van der Waals surface area contributed by atoms with Crippen LogP contribution >= 0.6 is 0 Å². The lowest BCUT2D eigenvalue weighted by molar-refractivity contribution is 0.0281. The number of anilines is 1. The van der Waals surface area contributed by atoms with Crippen molar-refractivity contribution in [3.8, 4) is 17.2 Å². The van der Waals surface area contributed by atoms with Crippen LogP contribution in [0.25, 0.3) is 0 Å². The molecule has 3 aromatic rings. The van der Waals surface area contributed by atoms with Gasteiger partial charge in [-0.1, -0.05) is 31.2 Å². The Labute approximate surface area is 223 Å². The van der Waals surface area contributed by atoms with E-state index in [4.69, 9.17) is 14.2 Å². The molecule has 0 saturated heterocycles. The van der Waals surface area contributed by atoms with Crippen molar-refractivity contribution in [2.75, 3.05) is 39.2 Å². The zero-order valence-electron chi connectivity index (χ0n) is 22.3. The Morgan fingerprint density at radius 2 is 1.79 bits per heavy atom. The molecule has 2 amide bonds. The third kappa shape index (κ3) is 6.90. The predicted octanol–water partition coefficient (Wildman–Crippen LogP) is 4.82. The summed E-state index contributed by atoms with van der Waals surface area (Å²) < 4.78 is 17.6. The number of carbonyl (C=O) groups is 2. The molecule has 38 heavy (non-hydrogen) atoms. The molecule has 3 aromatic carbocycles. The van der Waals surface area contributed by atoms with Gasteiger partial charge in [0.2, 0.25) is 0 Å². The number of fused-ring (bicyclic) bond motifs is 1. The Kier molecular flexibility index (Phi) is 8.99. The highest BCUT2D eigenvalue weighted by atomic mass is 16.5. The van der Waals surface area contributed by atoms with E-state index in [2.05, 4.69) is 17.6 Å². The number of nitrogens with zero attached hydrogens (tertiary/aromatic N) is 1. The molecule has 0 radical (unpaired) electrons. The lowest BCUT2D eigenvalue weighted by atomic mass is 10.0. The average Bonchev–Trinajstić information content (AvgIpc) is 2.93. The van der Waals surface area contributed by atoms with Gasteiger partial charge in [-0.3, -0.25) is 9.59 Å². The number of benzene rings is 3. The minimum absolute atomic E-state index is 0.0832. The first-order valence-electron chi connectivity index (χ1n) is 12.8. The minimum Gasteiger partial charge on any atom is -0.491 e.